The molecule has 0 saturated carbocycles. The van der Waals surface area contributed by atoms with Crippen molar-refractivity contribution in [2.45, 2.75) is 19.8 Å². The number of carbonyl (C=O) groups excluding carboxylic acids is 3. The molecule has 0 aromatic heterocycles. The zero-order valence-electron chi connectivity index (χ0n) is 18.3. The number of carbonyl (C=O) groups is 3. The molecule has 1 heterocycles. The lowest BCUT2D eigenvalue weighted by Gasteiger charge is -2.14. The van der Waals surface area contributed by atoms with E-state index in [1.165, 1.54) is 23.8 Å². The summed E-state index contributed by atoms with van der Waals surface area (Å²) in [6.45, 7) is 2.85. The molecule has 1 aliphatic rings. The standard InChI is InChI=1S/C24H24N2O5S2/c1-3-31-19-12-10-18(11-13-19)25-21(27)5-4-14-26-22(28)20(33-24(26)32)15-16-6-8-17(9-7-16)23(29)30-2/h6-13,15H,3-5,14H2,1-2H3,(H,25,27)/b20-15-. The number of methoxy groups -OCH3 is 1. The minimum absolute atomic E-state index is 0.133. The molecule has 1 aliphatic heterocycles. The number of hydrogen-bond acceptors (Lipinski definition) is 7. The minimum Gasteiger partial charge on any atom is -0.494 e. The van der Waals surface area contributed by atoms with E-state index in [1.54, 1.807) is 54.6 Å². The van der Waals surface area contributed by atoms with Crippen LogP contribution in [0, 0.1) is 0 Å². The Morgan fingerprint density at radius 2 is 1.82 bits per heavy atom. The first-order valence-corrected chi connectivity index (χ1v) is 11.6. The summed E-state index contributed by atoms with van der Waals surface area (Å²) in [4.78, 5) is 38.6. The monoisotopic (exact) mass is 484 g/mol. The van der Waals surface area contributed by atoms with Crippen molar-refractivity contribution in [2.75, 3.05) is 25.6 Å². The average molecular weight is 485 g/mol. The topological polar surface area (TPSA) is 84.9 Å². The highest BCUT2D eigenvalue weighted by atomic mass is 32.2. The van der Waals surface area contributed by atoms with Gasteiger partial charge in [-0.25, -0.2) is 4.79 Å². The van der Waals surface area contributed by atoms with Crippen molar-refractivity contribution in [1.29, 1.82) is 0 Å². The van der Waals surface area contributed by atoms with Gasteiger partial charge in [0, 0.05) is 18.7 Å². The zero-order chi connectivity index (χ0) is 23.8. The van der Waals surface area contributed by atoms with Gasteiger partial charge in [0.1, 0.15) is 10.1 Å². The number of thiocarbonyl (C=S) groups is 1. The maximum Gasteiger partial charge on any atom is 0.337 e. The van der Waals surface area contributed by atoms with Gasteiger partial charge in [-0.05, 0) is 61.4 Å². The first-order valence-electron chi connectivity index (χ1n) is 10.4. The van der Waals surface area contributed by atoms with Crippen LogP contribution in [0.4, 0.5) is 5.69 Å². The number of thioether (sulfide) groups is 1. The summed E-state index contributed by atoms with van der Waals surface area (Å²) in [5.41, 5.74) is 1.90. The van der Waals surface area contributed by atoms with Crippen LogP contribution in [0.2, 0.25) is 0 Å². The summed E-state index contributed by atoms with van der Waals surface area (Å²) in [6.07, 6.45) is 2.48. The molecule has 0 aliphatic carbocycles. The first-order chi connectivity index (χ1) is 15.9. The van der Waals surface area contributed by atoms with Crippen LogP contribution in [0.1, 0.15) is 35.7 Å². The Bertz CT molecular complexity index is 1070. The summed E-state index contributed by atoms with van der Waals surface area (Å²) in [7, 11) is 1.32. The van der Waals surface area contributed by atoms with Gasteiger partial charge < -0.3 is 14.8 Å². The van der Waals surface area contributed by atoms with Gasteiger partial charge in [-0.2, -0.15) is 0 Å². The molecule has 1 saturated heterocycles. The SMILES string of the molecule is CCOc1ccc(NC(=O)CCCN2C(=O)/C(=C/c3ccc(C(=O)OC)cc3)SC2=S)cc1. The molecule has 1 fully saturated rings. The van der Waals surface area contributed by atoms with Gasteiger partial charge in [0.25, 0.3) is 5.91 Å². The zero-order valence-corrected chi connectivity index (χ0v) is 20.0. The molecular weight excluding hydrogens is 460 g/mol. The van der Waals surface area contributed by atoms with Crippen LogP contribution >= 0.6 is 24.0 Å². The Kier molecular flexibility index (Phi) is 8.62. The van der Waals surface area contributed by atoms with Crippen LogP contribution in [0.25, 0.3) is 6.08 Å². The molecule has 9 heteroatoms. The summed E-state index contributed by atoms with van der Waals surface area (Å²) in [5.74, 6) is 0.0107. The van der Waals surface area contributed by atoms with E-state index < -0.39 is 5.97 Å². The van der Waals surface area contributed by atoms with Crippen molar-refractivity contribution in [3.8, 4) is 5.75 Å². The molecule has 0 spiro atoms. The summed E-state index contributed by atoms with van der Waals surface area (Å²) in [5, 5.41) is 2.84. The molecule has 0 unspecified atom stereocenters. The van der Waals surface area contributed by atoms with Gasteiger partial charge in [-0.15, -0.1) is 0 Å². The van der Waals surface area contributed by atoms with Crippen molar-refractivity contribution >= 4 is 57.8 Å². The number of hydrogen-bond donors (Lipinski definition) is 1. The van der Waals surface area contributed by atoms with Gasteiger partial charge >= 0.3 is 5.97 Å². The Hall–Kier alpha value is -3.17. The molecular formula is C24H24N2O5S2. The van der Waals surface area contributed by atoms with Crippen molar-refractivity contribution in [3.63, 3.8) is 0 Å². The van der Waals surface area contributed by atoms with Crippen molar-refractivity contribution in [1.82, 2.24) is 4.90 Å². The molecule has 3 rings (SSSR count). The fourth-order valence-corrected chi connectivity index (χ4v) is 4.41. The smallest absolute Gasteiger partial charge is 0.337 e. The highest BCUT2D eigenvalue weighted by Crippen LogP contribution is 2.32. The van der Waals surface area contributed by atoms with E-state index in [0.717, 1.165) is 11.3 Å². The molecule has 2 aromatic rings. The van der Waals surface area contributed by atoms with E-state index in [4.69, 9.17) is 17.0 Å². The minimum atomic E-state index is -0.417. The fraction of sp³-hybridized carbons (Fsp3) is 0.250. The van der Waals surface area contributed by atoms with Crippen LogP contribution in [0.5, 0.6) is 5.75 Å². The van der Waals surface area contributed by atoms with Gasteiger partial charge in [0.05, 0.1) is 24.2 Å². The predicted octanol–water partition coefficient (Wildman–Crippen LogP) is 4.49. The summed E-state index contributed by atoms with van der Waals surface area (Å²) >= 11 is 6.58. The number of benzene rings is 2. The fourth-order valence-electron chi connectivity index (χ4n) is 3.10. The number of esters is 1. The number of rotatable bonds is 9. The Morgan fingerprint density at radius 3 is 2.45 bits per heavy atom. The van der Waals surface area contributed by atoms with Gasteiger partial charge in [-0.1, -0.05) is 36.1 Å². The third kappa shape index (κ3) is 6.66. The molecule has 7 nitrogen and oxygen atoms in total. The molecule has 0 bridgehead atoms. The Labute approximate surface area is 202 Å². The van der Waals surface area contributed by atoms with E-state index in [2.05, 4.69) is 10.1 Å². The number of ether oxygens (including phenoxy) is 2. The van der Waals surface area contributed by atoms with Gasteiger partial charge in [0.2, 0.25) is 5.91 Å². The molecule has 172 valence electrons. The van der Waals surface area contributed by atoms with E-state index in [-0.39, 0.29) is 18.2 Å². The Morgan fingerprint density at radius 1 is 1.12 bits per heavy atom. The quantitative estimate of drug-likeness (QED) is 0.319. The van der Waals surface area contributed by atoms with Crippen LogP contribution < -0.4 is 10.1 Å². The Balaban J connectivity index is 1.51. The van der Waals surface area contributed by atoms with Gasteiger partial charge in [0.15, 0.2) is 0 Å². The molecule has 1 N–H and O–H groups in total. The highest BCUT2D eigenvalue weighted by Gasteiger charge is 2.31. The third-order valence-electron chi connectivity index (χ3n) is 4.74. The number of nitrogens with zero attached hydrogens (tertiary/aromatic N) is 1. The average Bonchev–Trinajstić information content (AvgIpc) is 3.08. The maximum atomic E-state index is 12.8. The summed E-state index contributed by atoms with van der Waals surface area (Å²) in [6, 6.07) is 13.9. The lowest BCUT2D eigenvalue weighted by molar-refractivity contribution is -0.122. The van der Waals surface area contributed by atoms with Crippen LogP contribution in [0.15, 0.2) is 53.4 Å². The molecule has 2 aromatic carbocycles. The third-order valence-corrected chi connectivity index (χ3v) is 6.12. The second-order valence-electron chi connectivity index (χ2n) is 7.06. The van der Waals surface area contributed by atoms with Gasteiger partial charge in [-0.3, -0.25) is 14.5 Å². The summed E-state index contributed by atoms with van der Waals surface area (Å²) < 4.78 is 10.5. The van der Waals surface area contributed by atoms with Crippen molar-refractivity contribution in [3.05, 3.63) is 64.6 Å². The molecule has 0 radical (unpaired) electrons. The highest BCUT2D eigenvalue weighted by molar-refractivity contribution is 8.26. The number of nitrogens with one attached hydrogen (secondary N) is 1. The van der Waals surface area contributed by atoms with E-state index in [1.807, 2.05) is 6.92 Å². The molecule has 0 atom stereocenters. The van der Waals surface area contributed by atoms with E-state index in [9.17, 15) is 14.4 Å². The van der Waals surface area contributed by atoms with Crippen molar-refractivity contribution in [2.24, 2.45) is 0 Å². The normalized spacial score (nSPS) is 14.5. The largest absolute Gasteiger partial charge is 0.494 e. The molecule has 2 amide bonds. The van der Waals surface area contributed by atoms with Crippen LogP contribution in [0.3, 0.4) is 0 Å². The predicted molar refractivity (Wildman–Crippen MR) is 133 cm³/mol. The lowest BCUT2D eigenvalue weighted by Crippen LogP contribution is -2.29. The molecule has 33 heavy (non-hydrogen) atoms. The number of anilines is 1. The second kappa shape index (κ2) is 11.6. The maximum absolute atomic E-state index is 12.8. The number of amides is 2. The van der Waals surface area contributed by atoms with Crippen molar-refractivity contribution < 1.29 is 23.9 Å². The van der Waals surface area contributed by atoms with E-state index in [0.29, 0.717) is 40.0 Å². The first kappa shape index (κ1) is 24.5. The lowest BCUT2D eigenvalue weighted by atomic mass is 10.1. The van der Waals surface area contributed by atoms with Crippen LogP contribution in [-0.4, -0.2) is 47.3 Å². The van der Waals surface area contributed by atoms with Crippen LogP contribution in [-0.2, 0) is 14.3 Å². The van der Waals surface area contributed by atoms with E-state index >= 15 is 0 Å². The second-order valence-corrected chi connectivity index (χ2v) is 8.73.